The third kappa shape index (κ3) is 5.08. The molecule has 5 heteroatoms. The number of ether oxygens (including phenoxy) is 1. The lowest BCUT2D eigenvalue weighted by Crippen LogP contribution is -2.36. The second-order valence-corrected chi connectivity index (χ2v) is 5.95. The Morgan fingerprint density at radius 1 is 1.00 bits per heavy atom. The molecule has 0 spiro atoms. The molecule has 132 valence electrons. The minimum Gasteiger partial charge on any atom is -0.494 e. The van der Waals surface area contributed by atoms with E-state index < -0.39 is 11.8 Å². The van der Waals surface area contributed by atoms with E-state index in [2.05, 4.69) is 10.6 Å². The van der Waals surface area contributed by atoms with Gasteiger partial charge < -0.3 is 15.4 Å². The van der Waals surface area contributed by atoms with E-state index >= 15 is 0 Å². The van der Waals surface area contributed by atoms with E-state index in [0.717, 1.165) is 22.4 Å². The molecule has 0 aliphatic rings. The number of carbonyl (C=O) groups excluding carboxylic acids is 2. The maximum atomic E-state index is 12.1. The van der Waals surface area contributed by atoms with Gasteiger partial charge in [-0.2, -0.15) is 0 Å². The van der Waals surface area contributed by atoms with Gasteiger partial charge in [-0.25, -0.2) is 0 Å². The van der Waals surface area contributed by atoms with Gasteiger partial charge >= 0.3 is 11.8 Å². The molecule has 0 aromatic heterocycles. The largest absolute Gasteiger partial charge is 0.494 e. The van der Waals surface area contributed by atoms with Crippen LogP contribution in [0.15, 0.2) is 42.5 Å². The molecular formula is C20H24N2O3. The van der Waals surface area contributed by atoms with Crippen LogP contribution in [-0.4, -0.2) is 18.4 Å². The Labute approximate surface area is 148 Å². The summed E-state index contributed by atoms with van der Waals surface area (Å²) in [6, 6.07) is 12.7. The van der Waals surface area contributed by atoms with Gasteiger partial charge in [0.2, 0.25) is 0 Å². The molecule has 2 N–H and O–H groups in total. The van der Waals surface area contributed by atoms with Crippen molar-refractivity contribution in [2.75, 3.05) is 11.9 Å². The Kier molecular flexibility index (Phi) is 6.17. The minimum atomic E-state index is -0.680. The van der Waals surface area contributed by atoms with E-state index in [9.17, 15) is 9.59 Å². The topological polar surface area (TPSA) is 67.4 Å². The zero-order chi connectivity index (χ0) is 18.4. The van der Waals surface area contributed by atoms with E-state index in [1.165, 1.54) is 0 Å². The Hall–Kier alpha value is -2.82. The first-order valence-corrected chi connectivity index (χ1v) is 8.32. The van der Waals surface area contributed by atoms with Crippen LogP contribution in [0.4, 0.5) is 5.69 Å². The van der Waals surface area contributed by atoms with Gasteiger partial charge in [0.15, 0.2) is 0 Å². The Bertz CT molecular complexity index is 754. The van der Waals surface area contributed by atoms with Crippen molar-refractivity contribution in [1.82, 2.24) is 5.32 Å². The zero-order valence-corrected chi connectivity index (χ0v) is 15.1. The molecule has 0 saturated heterocycles. The molecule has 0 heterocycles. The summed E-state index contributed by atoms with van der Waals surface area (Å²) >= 11 is 0. The van der Waals surface area contributed by atoms with Crippen molar-refractivity contribution in [3.05, 3.63) is 59.2 Å². The average molecular weight is 340 g/mol. The van der Waals surface area contributed by atoms with Crippen LogP contribution < -0.4 is 15.4 Å². The van der Waals surface area contributed by atoms with Crippen molar-refractivity contribution < 1.29 is 14.3 Å². The molecule has 0 radical (unpaired) electrons. The molecule has 2 aromatic rings. The van der Waals surface area contributed by atoms with E-state index in [4.69, 9.17) is 4.74 Å². The van der Waals surface area contributed by atoms with Crippen LogP contribution in [0.25, 0.3) is 0 Å². The van der Waals surface area contributed by atoms with E-state index in [1.807, 2.05) is 64.1 Å². The fourth-order valence-electron chi connectivity index (χ4n) is 2.37. The summed E-state index contributed by atoms with van der Waals surface area (Å²) in [6.45, 7) is 8.30. The van der Waals surface area contributed by atoms with Gasteiger partial charge in [-0.3, -0.25) is 9.59 Å². The molecule has 0 fully saturated rings. The van der Waals surface area contributed by atoms with Crippen molar-refractivity contribution >= 4 is 17.5 Å². The molecule has 0 aliphatic heterocycles. The second kappa shape index (κ2) is 8.33. The third-order valence-electron chi connectivity index (χ3n) is 4.01. The Morgan fingerprint density at radius 3 is 2.28 bits per heavy atom. The van der Waals surface area contributed by atoms with Crippen LogP contribution in [-0.2, 0) is 9.59 Å². The molecule has 2 aromatic carbocycles. The van der Waals surface area contributed by atoms with Gasteiger partial charge in [0, 0.05) is 5.69 Å². The highest BCUT2D eigenvalue weighted by molar-refractivity contribution is 6.39. The number of nitrogens with one attached hydrogen (secondary N) is 2. The van der Waals surface area contributed by atoms with Crippen LogP contribution in [0.3, 0.4) is 0 Å². The Morgan fingerprint density at radius 2 is 1.68 bits per heavy atom. The van der Waals surface area contributed by atoms with Crippen LogP contribution in [0, 0.1) is 13.8 Å². The van der Waals surface area contributed by atoms with Crippen molar-refractivity contribution in [1.29, 1.82) is 0 Å². The second-order valence-electron chi connectivity index (χ2n) is 5.95. The average Bonchev–Trinajstić information content (AvgIpc) is 2.59. The molecule has 25 heavy (non-hydrogen) atoms. The lowest BCUT2D eigenvalue weighted by molar-refractivity contribution is -0.136. The highest BCUT2D eigenvalue weighted by Gasteiger charge is 2.17. The predicted octanol–water partition coefficient (Wildman–Crippen LogP) is 3.52. The molecule has 0 unspecified atom stereocenters. The third-order valence-corrected chi connectivity index (χ3v) is 4.01. The van der Waals surface area contributed by atoms with Crippen LogP contribution >= 0.6 is 0 Å². The van der Waals surface area contributed by atoms with Crippen molar-refractivity contribution in [2.24, 2.45) is 0 Å². The molecule has 5 nitrogen and oxygen atoms in total. The summed E-state index contributed by atoms with van der Waals surface area (Å²) < 4.78 is 5.39. The smallest absolute Gasteiger partial charge is 0.313 e. The zero-order valence-electron chi connectivity index (χ0n) is 15.1. The number of aryl methyl sites for hydroxylation is 2. The predicted molar refractivity (Wildman–Crippen MR) is 98.7 cm³/mol. The number of amides is 2. The minimum absolute atomic E-state index is 0.284. The summed E-state index contributed by atoms with van der Waals surface area (Å²) in [5.74, 6) is -0.571. The van der Waals surface area contributed by atoms with E-state index in [0.29, 0.717) is 12.3 Å². The van der Waals surface area contributed by atoms with Crippen LogP contribution in [0.5, 0.6) is 5.75 Å². The number of carbonyl (C=O) groups is 2. The summed E-state index contributed by atoms with van der Waals surface area (Å²) in [6.07, 6.45) is 0. The molecule has 0 saturated carbocycles. The number of hydrogen-bond donors (Lipinski definition) is 2. The summed E-state index contributed by atoms with van der Waals surface area (Å²) in [5, 5.41) is 5.32. The quantitative estimate of drug-likeness (QED) is 0.819. The fraction of sp³-hybridized carbons (Fsp3) is 0.300. The highest BCUT2D eigenvalue weighted by atomic mass is 16.5. The molecule has 0 aliphatic carbocycles. The van der Waals surface area contributed by atoms with Crippen molar-refractivity contribution in [3.8, 4) is 5.75 Å². The standard InChI is InChI=1S/C20H24N2O3/c1-5-25-18-10-7-16(8-11-18)15(4)21-19(23)20(24)22-17-9-6-13(2)14(3)12-17/h6-12,15H,5H2,1-4H3,(H,21,23)(H,22,24)/t15-/m0/s1. The first-order chi connectivity index (χ1) is 11.9. The first kappa shape index (κ1) is 18.5. The normalized spacial score (nSPS) is 11.5. The highest BCUT2D eigenvalue weighted by Crippen LogP contribution is 2.18. The molecule has 2 amide bonds. The van der Waals surface area contributed by atoms with Gasteiger partial charge in [0.25, 0.3) is 0 Å². The fourth-order valence-corrected chi connectivity index (χ4v) is 2.37. The van der Waals surface area contributed by atoms with Gasteiger partial charge in [-0.05, 0) is 68.7 Å². The summed E-state index contributed by atoms with van der Waals surface area (Å²) in [5.41, 5.74) is 3.69. The first-order valence-electron chi connectivity index (χ1n) is 8.32. The molecule has 1 atom stereocenters. The summed E-state index contributed by atoms with van der Waals surface area (Å²) in [7, 11) is 0. The number of benzene rings is 2. The molecule has 2 rings (SSSR count). The van der Waals surface area contributed by atoms with E-state index in [1.54, 1.807) is 6.07 Å². The van der Waals surface area contributed by atoms with Crippen molar-refractivity contribution in [3.63, 3.8) is 0 Å². The lowest BCUT2D eigenvalue weighted by atomic mass is 10.1. The van der Waals surface area contributed by atoms with Gasteiger partial charge in [-0.1, -0.05) is 18.2 Å². The van der Waals surface area contributed by atoms with Gasteiger partial charge in [-0.15, -0.1) is 0 Å². The number of hydrogen-bond acceptors (Lipinski definition) is 3. The number of anilines is 1. The van der Waals surface area contributed by atoms with Gasteiger partial charge in [0.1, 0.15) is 5.75 Å². The maximum Gasteiger partial charge on any atom is 0.313 e. The SMILES string of the molecule is CCOc1ccc([C@H](C)NC(=O)C(=O)Nc2ccc(C)c(C)c2)cc1. The summed E-state index contributed by atoms with van der Waals surface area (Å²) in [4.78, 5) is 24.2. The van der Waals surface area contributed by atoms with Crippen LogP contribution in [0.1, 0.15) is 36.6 Å². The lowest BCUT2D eigenvalue weighted by Gasteiger charge is -2.15. The van der Waals surface area contributed by atoms with Gasteiger partial charge in [0.05, 0.1) is 12.6 Å². The van der Waals surface area contributed by atoms with Crippen molar-refractivity contribution in [2.45, 2.75) is 33.7 Å². The maximum absolute atomic E-state index is 12.1. The number of rotatable bonds is 5. The van der Waals surface area contributed by atoms with Crippen LogP contribution in [0.2, 0.25) is 0 Å². The molecule has 0 bridgehead atoms. The van der Waals surface area contributed by atoms with E-state index in [-0.39, 0.29) is 6.04 Å². The monoisotopic (exact) mass is 340 g/mol. The Balaban J connectivity index is 1.95. The molecular weight excluding hydrogens is 316 g/mol.